The molecule has 2 aromatic rings. The van der Waals surface area contributed by atoms with Crippen molar-refractivity contribution >= 4 is 0 Å². The molecule has 0 fully saturated rings. The van der Waals surface area contributed by atoms with Crippen molar-refractivity contribution in [2.75, 3.05) is 7.05 Å². The maximum Gasteiger partial charge on any atom is 0.126 e. The van der Waals surface area contributed by atoms with E-state index in [1.54, 1.807) is 19.1 Å². The van der Waals surface area contributed by atoms with Crippen LogP contribution in [0.25, 0.3) is 0 Å². The first kappa shape index (κ1) is 13.7. The Balaban J connectivity index is 2.22. The second kappa shape index (κ2) is 5.93. The topological polar surface area (TPSA) is 12.0 Å². The molecule has 2 rings (SSSR count). The van der Waals surface area contributed by atoms with Crippen LogP contribution in [-0.4, -0.2) is 7.05 Å². The number of hydrogen-bond donors (Lipinski definition) is 1. The van der Waals surface area contributed by atoms with E-state index in [-0.39, 0.29) is 17.7 Å². The molecule has 2 aromatic carbocycles. The monoisotopic (exact) mass is 261 g/mol. The van der Waals surface area contributed by atoms with E-state index in [0.29, 0.717) is 12.0 Å². The summed E-state index contributed by atoms with van der Waals surface area (Å²) < 4.78 is 26.8. The minimum absolute atomic E-state index is 0.0306. The van der Waals surface area contributed by atoms with Gasteiger partial charge in [0, 0.05) is 6.04 Å². The van der Waals surface area contributed by atoms with Crippen molar-refractivity contribution in [3.05, 3.63) is 70.8 Å². The van der Waals surface area contributed by atoms with Crippen LogP contribution in [-0.2, 0) is 6.42 Å². The number of rotatable bonds is 4. The van der Waals surface area contributed by atoms with Crippen LogP contribution in [0.3, 0.4) is 0 Å². The summed E-state index contributed by atoms with van der Waals surface area (Å²) in [5.74, 6) is -0.459. The van der Waals surface area contributed by atoms with E-state index in [1.165, 1.54) is 18.2 Å². The highest BCUT2D eigenvalue weighted by Crippen LogP contribution is 2.20. The summed E-state index contributed by atoms with van der Waals surface area (Å²) in [7, 11) is 1.82. The van der Waals surface area contributed by atoms with Gasteiger partial charge in [-0.1, -0.05) is 24.3 Å². The Kier molecular flexibility index (Phi) is 4.27. The van der Waals surface area contributed by atoms with Crippen molar-refractivity contribution < 1.29 is 8.78 Å². The van der Waals surface area contributed by atoms with Gasteiger partial charge < -0.3 is 5.32 Å². The molecule has 0 spiro atoms. The molecule has 0 saturated heterocycles. The third-order valence-electron chi connectivity index (χ3n) is 3.28. The predicted octanol–water partition coefficient (Wildman–Crippen LogP) is 3.78. The van der Waals surface area contributed by atoms with Gasteiger partial charge in [-0.05, 0) is 55.3 Å². The molecule has 0 aromatic heterocycles. The SMILES string of the molecule is CNC(Cc1cccc(F)c1)c1ccc(C)c(F)c1. The molecule has 100 valence electrons. The number of nitrogens with one attached hydrogen (secondary N) is 1. The first-order chi connectivity index (χ1) is 9.10. The summed E-state index contributed by atoms with van der Waals surface area (Å²) in [6.07, 6.45) is 0.622. The van der Waals surface area contributed by atoms with Crippen LogP contribution < -0.4 is 5.32 Å². The van der Waals surface area contributed by atoms with Crippen molar-refractivity contribution in [2.45, 2.75) is 19.4 Å². The molecule has 1 atom stereocenters. The fraction of sp³-hybridized carbons (Fsp3) is 0.250. The molecule has 19 heavy (non-hydrogen) atoms. The van der Waals surface area contributed by atoms with Crippen molar-refractivity contribution in [1.82, 2.24) is 5.32 Å². The molecular formula is C16H17F2N. The summed E-state index contributed by atoms with van der Waals surface area (Å²) in [6.45, 7) is 1.74. The predicted molar refractivity (Wildman–Crippen MR) is 73.0 cm³/mol. The normalized spacial score (nSPS) is 12.4. The lowest BCUT2D eigenvalue weighted by atomic mass is 9.98. The first-order valence-electron chi connectivity index (χ1n) is 6.28. The minimum atomic E-state index is -0.248. The van der Waals surface area contributed by atoms with Crippen molar-refractivity contribution in [2.24, 2.45) is 0 Å². The van der Waals surface area contributed by atoms with Gasteiger partial charge in [0.1, 0.15) is 11.6 Å². The fourth-order valence-electron chi connectivity index (χ4n) is 2.11. The Hall–Kier alpha value is -1.74. The summed E-state index contributed by atoms with van der Waals surface area (Å²) in [5, 5.41) is 3.14. The van der Waals surface area contributed by atoms with E-state index >= 15 is 0 Å². The van der Waals surface area contributed by atoms with E-state index in [0.717, 1.165) is 11.1 Å². The molecule has 3 heteroatoms. The number of hydrogen-bond acceptors (Lipinski definition) is 1. The van der Waals surface area contributed by atoms with Crippen LogP contribution in [0, 0.1) is 18.6 Å². The minimum Gasteiger partial charge on any atom is -0.313 e. The lowest BCUT2D eigenvalue weighted by molar-refractivity contribution is 0.570. The Morgan fingerprint density at radius 2 is 1.89 bits per heavy atom. The van der Waals surface area contributed by atoms with Gasteiger partial charge in [-0.25, -0.2) is 8.78 Å². The maximum atomic E-state index is 13.6. The molecule has 0 bridgehead atoms. The smallest absolute Gasteiger partial charge is 0.126 e. The van der Waals surface area contributed by atoms with Crippen molar-refractivity contribution in [3.8, 4) is 0 Å². The maximum absolute atomic E-state index is 13.6. The number of likely N-dealkylation sites (N-methyl/N-ethyl adjacent to an activating group) is 1. The van der Waals surface area contributed by atoms with E-state index in [1.807, 2.05) is 19.2 Å². The molecule has 0 aliphatic rings. The van der Waals surface area contributed by atoms with Crippen LogP contribution in [0.2, 0.25) is 0 Å². The molecule has 0 amide bonds. The lowest BCUT2D eigenvalue weighted by Crippen LogP contribution is -2.19. The van der Waals surface area contributed by atoms with Crippen LogP contribution in [0.1, 0.15) is 22.7 Å². The summed E-state index contributed by atoms with van der Waals surface area (Å²) >= 11 is 0. The second-order valence-electron chi connectivity index (χ2n) is 4.68. The van der Waals surface area contributed by atoms with Crippen molar-refractivity contribution in [1.29, 1.82) is 0 Å². The van der Waals surface area contributed by atoms with Gasteiger partial charge in [0.15, 0.2) is 0 Å². The molecule has 0 heterocycles. The third kappa shape index (κ3) is 3.38. The molecular weight excluding hydrogens is 244 g/mol. The standard InChI is InChI=1S/C16H17F2N/c1-11-6-7-13(10-15(11)18)16(19-2)9-12-4-3-5-14(17)8-12/h3-8,10,16,19H,9H2,1-2H3. The van der Waals surface area contributed by atoms with Crippen LogP contribution in [0.4, 0.5) is 8.78 Å². The molecule has 1 nitrogen and oxygen atoms in total. The average molecular weight is 261 g/mol. The highest BCUT2D eigenvalue weighted by atomic mass is 19.1. The third-order valence-corrected chi connectivity index (χ3v) is 3.28. The summed E-state index contributed by atoms with van der Waals surface area (Å²) in [4.78, 5) is 0. The average Bonchev–Trinajstić information content (AvgIpc) is 2.39. The van der Waals surface area contributed by atoms with Gasteiger partial charge in [0.2, 0.25) is 0 Å². The molecule has 1 unspecified atom stereocenters. The second-order valence-corrected chi connectivity index (χ2v) is 4.68. The van der Waals surface area contributed by atoms with Gasteiger partial charge in [-0.15, -0.1) is 0 Å². The van der Waals surface area contributed by atoms with E-state index in [4.69, 9.17) is 0 Å². The summed E-state index contributed by atoms with van der Waals surface area (Å²) in [6, 6.07) is 11.7. The largest absolute Gasteiger partial charge is 0.313 e. The number of halogens is 2. The molecule has 0 aliphatic carbocycles. The lowest BCUT2D eigenvalue weighted by Gasteiger charge is -2.17. The Labute approximate surface area is 112 Å². The van der Waals surface area contributed by atoms with Crippen molar-refractivity contribution in [3.63, 3.8) is 0 Å². The first-order valence-corrected chi connectivity index (χ1v) is 6.28. The zero-order valence-corrected chi connectivity index (χ0v) is 11.1. The van der Waals surface area contributed by atoms with Gasteiger partial charge in [-0.3, -0.25) is 0 Å². The van der Waals surface area contributed by atoms with Gasteiger partial charge in [0.05, 0.1) is 0 Å². The Morgan fingerprint density at radius 1 is 1.11 bits per heavy atom. The fourth-order valence-corrected chi connectivity index (χ4v) is 2.11. The zero-order valence-electron chi connectivity index (χ0n) is 11.1. The van der Waals surface area contributed by atoms with E-state index in [2.05, 4.69) is 5.32 Å². The highest BCUT2D eigenvalue weighted by molar-refractivity contribution is 5.28. The van der Waals surface area contributed by atoms with Gasteiger partial charge in [-0.2, -0.15) is 0 Å². The zero-order chi connectivity index (χ0) is 13.8. The van der Waals surface area contributed by atoms with Crippen LogP contribution in [0.15, 0.2) is 42.5 Å². The highest BCUT2D eigenvalue weighted by Gasteiger charge is 2.12. The molecule has 0 radical (unpaired) electrons. The molecule has 0 aliphatic heterocycles. The quantitative estimate of drug-likeness (QED) is 0.883. The van der Waals surface area contributed by atoms with E-state index in [9.17, 15) is 8.78 Å². The molecule has 0 saturated carbocycles. The van der Waals surface area contributed by atoms with Gasteiger partial charge >= 0.3 is 0 Å². The number of aryl methyl sites for hydroxylation is 1. The van der Waals surface area contributed by atoms with Gasteiger partial charge in [0.25, 0.3) is 0 Å². The number of benzene rings is 2. The van der Waals surface area contributed by atoms with Crippen LogP contribution in [0.5, 0.6) is 0 Å². The van der Waals surface area contributed by atoms with E-state index < -0.39 is 0 Å². The molecule has 1 N–H and O–H groups in total. The Bertz CT molecular complexity index is 566. The van der Waals surface area contributed by atoms with Crippen LogP contribution >= 0.6 is 0 Å². The summed E-state index contributed by atoms with van der Waals surface area (Å²) in [5.41, 5.74) is 2.39. The Morgan fingerprint density at radius 3 is 2.53 bits per heavy atom.